The van der Waals surface area contributed by atoms with Crippen molar-refractivity contribution >= 4 is 11.9 Å². The predicted molar refractivity (Wildman–Crippen MR) is 70.4 cm³/mol. The minimum absolute atomic E-state index is 0.191. The molecule has 0 saturated carbocycles. The summed E-state index contributed by atoms with van der Waals surface area (Å²) in [4.78, 5) is 19.8. The Morgan fingerprint density at radius 2 is 1.83 bits per heavy atom. The number of hydrogen-bond acceptors (Lipinski definition) is 3. The van der Waals surface area contributed by atoms with Crippen LogP contribution in [0.3, 0.4) is 0 Å². The maximum atomic E-state index is 11.9. The highest BCUT2D eigenvalue weighted by Gasteiger charge is 2.06. The van der Waals surface area contributed by atoms with Gasteiger partial charge in [0.25, 0.3) is 5.91 Å². The van der Waals surface area contributed by atoms with E-state index >= 15 is 0 Å². The Labute approximate surface area is 106 Å². The van der Waals surface area contributed by atoms with Gasteiger partial charge in [0.1, 0.15) is 0 Å². The molecule has 0 fully saturated rings. The second-order valence-corrected chi connectivity index (χ2v) is 3.97. The van der Waals surface area contributed by atoms with Gasteiger partial charge >= 0.3 is 0 Å². The fourth-order valence-electron chi connectivity index (χ4n) is 1.65. The third-order valence-electron chi connectivity index (χ3n) is 2.55. The number of nitrogens with one attached hydrogen (secondary N) is 1. The number of anilines is 1. The Bertz CT molecular complexity index is 508. The van der Waals surface area contributed by atoms with Crippen LogP contribution in [0.4, 0.5) is 5.95 Å². The van der Waals surface area contributed by atoms with Gasteiger partial charge in [0, 0.05) is 18.0 Å². The van der Waals surface area contributed by atoms with Crippen LogP contribution in [0.2, 0.25) is 0 Å². The first-order valence-electron chi connectivity index (χ1n) is 5.97. The molecule has 0 spiro atoms. The molecule has 0 unspecified atom stereocenters. The van der Waals surface area contributed by atoms with Gasteiger partial charge in [-0.25, -0.2) is 9.97 Å². The number of nitrogens with zero attached hydrogens (tertiary/aromatic N) is 2. The molecule has 4 heteroatoms. The molecule has 18 heavy (non-hydrogen) atoms. The Balaban J connectivity index is 2.05. The number of aromatic nitrogens is 2. The van der Waals surface area contributed by atoms with Gasteiger partial charge in [-0.1, -0.05) is 25.5 Å². The molecule has 0 aliphatic carbocycles. The first-order chi connectivity index (χ1) is 8.79. The largest absolute Gasteiger partial charge is 0.290 e. The van der Waals surface area contributed by atoms with Crippen LogP contribution in [0.5, 0.6) is 0 Å². The van der Waals surface area contributed by atoms with Crippen molar-refractivity contribution in [2.75, 3.05) is 5.32 Å². The molecular weight excluding hydrogens is 226 g/mol. The highest BCUT2D eigenvalue weighted by molar-refractivity contribution is 6.03. The zero-order chi connectivity index (χ0) is 12.8. The zero-order valence-electron chi connectivity index (χ0n) is 10.3. The van der Waals surface area contributed by atoms with Gasteiger partial charge in [-0.05, 0) is 30.2 Å². The molecule has 0 radical (unpaired) electrons. The summed E-state index contributed by atoms with van der Waals surface area (Å²) in [5, 5.41) is 2.65. The van der Waals surface area contributed by atoms with Crippen LogP contribution >= 0.6 is 0 Å². The van der Waals surface area contributed by atoms with E-state index in [1.165, 1.54) is 5.56 Å². The molecule has 1 heterocycles. The molecule has 0 aliphatic heterocycles. The van der Waals surface area contributed by atoms with E-state index in [1.807, 2.05) is 24.3 Å². The lowest BCUT2D eigenvalue weighted by atomic mass is 10.1. The number of rotatable bonds is 4. The quantitative estimate of drug-likeness (QED) is 0.895. The average Bonchev–Trinajstić information content (AvgIpc) is 2.41. The molecule has 0 atom stereocenters. The number of amides is 1. The number of carbonyl (C=O) groups excluding carboxylic acids is 1. The highest BCUT2D eigenvalue weighted by Crippen LogP contribution is 2.08. The van der Waals surface area contributed by atoms with Crippen molar-refractivity contribution in [3.05, 3.63) is 53.9 Å². The Hall–Kier alpha value is -2.23. The van der Waals surface area contributed by atoms with Crippen molar-refractivity contribution in [1.29, 1.82) is 0 Å². The van der Waals surface area contributed by atoms with E-state index < -0.39 is 0 Å². The van der Waals surface area contributed by atoms with Crippen LogP contribution in [0.25, 0.3) is 0 Å². The van der Waals surface area contributed by atoms with Gasteiger partial charge in [0.05, 0.1) is 0 Å². The third-order valence-corrected chi connectivity index (χ3v) is 2.55. The van der Waals surface area contributed by atoms with Crippen molar-refractivity contribution < 1.29 is 4.79 Å². The average molecular weight is 241 g/mol. The number of carbonyl (C=O) groups is 1. The van der Waals surface area contributed by atoms with E-state index in [4.69, 9.17) is 0 Å². The van der Waals surface area contributed by atoms with E-state index in [9.17, 15) is 4.79 Å². The first-order valence-corrected chi connectivity index (χ1v) is 5.97. The maximum Gasteiger partial charge on any atom is 0.258 e. The van der Waals surface area contributed by atoms with Crippen LogP contribution in [0.15, 0.2) is 42.7 Å². The molecule has 1 amide bonds. The molecule has 92 valence electrons. The summed E-state index contributed by atoms with van der Waals surface area (Å²) in [5.41, 5.74) is 1.85. The fraction of sp³-hybridized carbons (Fsp3) is 0.214. The molecule has 0 saturated heterocycles. The van der Waals surface area contributed by atoms with Gasteiger partial charge < -0.3 is 0 Å². The summed E-state index contributed by atoms with van der Waals surface area (Å²) < 4.78 is 0. The normalized spacial score (nSPS) is 10.1. The smallest absolute Gasteiger partial charge is 0.258 e. The van der Waals surface area contributed by atoms with Crippen molar-refractivity contribution in [2.24, 2.45) is 0 Å². The minimum Gasteiger partial charge on any atom is -0.290 e. The molecule has 1 N–H and O–H groups in total. The number of benzene rings is 1. The maximum absolute atomic E-state index is 11.9. The standard InChI is InChI=1S/C14H15N3O/c1-2-4-11-5-7-12(8-6-11)13(18)17-14-15-9-3-10-16-14/h3,5-10H,2,4H2,1H3,(H,15,16,17,18). The van der Waals surface area contributed by atoms with Crippen LogP contribution in [-0.4, -0.2) is 15.9 Å². The van der Waals surface area contributed by atoms with E-state index in [0.717, 1.165) is 12.8 Å². The lowest BCUT2D eigenvalue weighted by Crippen LogP contribution is -2.13. The first kappa shape index (κ1) is 12.2. The predicted octanol–water partition coefficient (Wildman–Crippen LogP) is 2.68. The fourth-order valence-corrected chi connectivity index (χ4v) is 1.65. The highest BCUT2D eigenvalue weighted by atomic mass is 16.1. The van der Waals surface area contributed by atoms with Gasteiger partial charge in [-0.2, -0.15) is 0 Å². The summed E-state index contributed by atoms with van der Waals surface area (Å²) in [5.74, 6) is 0.129. The summed E-state index contributed by atoms with van der Waals surface area (Å²) in [6.45, 7) is 2.13. The van der Waals surface area contributed by atoms with Gasteiger partial charge in [-0.15, -0.1) is 0 Å². The van der Waals surface area contributed by atoms with Gasteiger partial charge in [-0.3, -0.25) is 10.1 Å². The van der Waals surface area contributed by atoms with Crippen molar-refractivity contribution in [3.8, 4) is 0 Å². The lowest BCUT2D eigenvalue weighted by Gasteiger charge is -2.04. The van der Waals surface area contributed by atoms with E-state index in [-0.39, 0.29) is 5.91 Å². The second-order valence-electron chi connectivity index (χ2n) is 3.97. The Kier molecular flexibility index (Phi) is 4.02. The molecule has 1 aromatic heterocycles. The molecule has 0 bridgehead atoms. The van der Waals surface area contributed by atoms with Crippen molar-refractivity contribution in [1.82, 2.24) is 9.97 Å². The van der Waals surface area contributed by atoms with Crippen LogP contribution in [0.1, 0.15) is 29.3 Å². The molecule has 0 aliphatic rings. The topological polar surface area (TPSA) is 54.9 Å². The SMILES string of the molecule is CCCc1ccc(C(=O)Nc2ncccn2)cc1. The second kappa shape index (κ2) is 5.91. The molecule has 2 aromatic rings. The van der Waals surface area contributed by atoms with E-state index in [1.54, 1.807) is 18.5 Å². The van der Waals surface area contributed by atoms with E-state index in [2.05, 4.69) is 22.2 Å². The lowest BCUT2D eigenvalue weighted by molar-refractivity contribution is 0.102. The number of aryl methyl sites for hydroxylation is 1. The molecule has 1 aromatic carbocycles. The summed E-state index contributed by atoms with van der Waals surface area (Å²) >= 11 is 0. The Morgan fingerprint density at radius 3 is 2.44 bits per heavy atom. The molecule has 4 nitrogen and oxygen atoms in total. The van der Waals surface area contributed by atoms with Crippen LogP contribution in [0, 0.1) is 0 Å². The van der Waals surface area contributed by atoms with Gasteiger partial charge in [0.15, 0.2) is 0 Å². The zero-order valence-corrected chi connectivity index (χ0v) is 10.3. The molecular formula is C14H15N3O. The van der Waals surface area contributed by atoms with E-state index in [0.29, 0.717) is 11.5 Å². The number of hydrogen-bond donors (Lipinski definition) is 1. The van der Waals surface area contributed by atoms with Crippen LogP contribution in [-0.2, 0) is 6.42 Å². The molecule has 2 rings (SSSR count). The van der Waals surface area contributed by atoms with Gasteiger partial charge in [0.2, 0.25) is 5.95 Å². The summed E-state index contributed by atoms with van der Waals surface area (Å²) in [6.07, 6.45) is 5.31. The monoisotopic (exact) mass is 241 g/mol. The van der Waals surface area contributed by atoms with Crippen molar-refractivity contribution in [2.45, 2.75) is 19.8 Å². The van der Waals surface area contributed by atoms with Crippen LogP contribution < -0.4 is 5.32 Å². The minimum atomic E-state index is -0.191. The summed E-state index contributed by atoms with van der Waals surface area (Å²) in [6, 6.07) is 9.30. The van der Waals surface area contributed by atoms with Crippen molar-refractivity contribution in [3.63, 3.8) is 0 Å². The Morgan fingerprint density at radius 1 is 1.17 bits per heavy atom. The summed E-state index contributed by atoms with van der Waals surface area (Å²) in [7, 11) is 0. The third kappa shape index (κ3) is 3.13.